The first-order valence-electron chi connectivity index (χ1n) is 7.09. The molecular weight excluding hydrogens is 238 g/mol. The molecule has 0 amide bonds. The van der Waals surface area contributed by atoms with Gasteiger partial charge in [0.2, 0.25) is 0 Å². The van der Waals surface area contributed by atoms with Crippen LogP contribution in [0.1, 0.15) is 57.4 Å². The summed E-state index contributed by atoms with van der Waals surface area (Å²) >= 11 is 0. The Morgan fingerprint density at radius 2 is 1.79 bits per heavy atom. The zero-order valence-corrected chi connectivity index (χ0v) is 11.6. The lowest BCUT2D eigenvalue weighted by molar-refractivity contribution is -0.130. The normalized spacial score (nSPS) is 11.5. The fourth-order valence-corrected chi connectivity index (χ4v) is 2.03. The molecule has 1 heterocycles. The van der Waals surface area contributed by atoms with Gasteiger partial charge < -0.3 is 5.11 Å². The molecule has 0 aliphatic heterocycles. The summed E-state index contributed by atoms with van der Waals surface area (Å²) in [5, 5.41) is 9.21. The van der Waals surface area contributed by atoms with E-state index >= 15 is 0 Å². The molecule has 0 saturated carbocycles. The number of nitrogens with zero attached hydrogens (tertiary/aromatic N) is 1. The van der Waals surface area contributed by atoms with Crippen LogP contribution in [0.3, 0.4) is 0 Å². The molecule has 104 valence electrons. The number of hydrogen-bond acceptors (Lipinski definition) is 2. The van der Waals surface area contributed by atoms with Crippen LogP contribution < -0.4 is 0 Å². The topological polar surface area (TPSA) is 50.2 Å². The minimum atomic E-state index is -0.864. The third-order valence-electron chi connectivity index (χ3n) is 3.13. The summed E-state index contributed by atoms with van der Waals surface area (Å²) in [5.74, 6) is -0.864. The standard InChI is InChI=1S/C16H23NO2/c1-2-3-4-5-6-7-8-9-15(16(18)19)14-10-12-17-13-11-14/h9-13H,2-8H2,1H3,(H,18,19)/b15-9+. The number of unbranched alkanes of at least 4 members (excludes halogenated alkanes) is 6. The van der Waals surface area contributed by atoms with E-state index in [-0.39, 0.29) is 0 Å². The van der Waals surface area contributed by atoms with Gasteiger partial charge in [0, 0.05) is 12.4 Å². The molecule has 1 rings (SSSR count). The molecule has 0 aliphatic carbocycles. The lowest BCUT2D eigenvalue weighted by atomic mass is 10.0. The SMILES string of the molecule is CCCCCCCC/C=C(/C(=O)O)c1ccncc1. The van der Waals surface area contributed by atoms with Gasteiger partial charge in [-0.2, -0.15) is 0 Å². The van der Waals surface area contributed by atoms with Gasteiger partial charge in [0.15, 0.2) is 0 Å². The summed E-state index contributed by atoms with van der Waals surface area (Å²) in [4.78, 5) is 15.1. The largest absolute Gasteiger partial charge is 0.478 e. The van der Waals surface area contributed by atoms with E-state index in [1.165, 1.54) is 32.1 Å². The summed E-state index contributed by atoms with van der Waals surface area (Å²) in [7, 11) is 0. The van der Waals surface area contributed by atoms with Crippen LogP contribution in [0.2, 0.25) is 0 Å². The number of aliphatic carboxylic acids is 1. The van der Waals surface area contributed by atoms with Crippen LogP contribution in [0.5, 0.6) is 0 Å². The highest BCUT2D eigenvalue weighted by molar-refractivity contribution is 6.15. The number of allylic oxidation sites excluding steroid dienone is 1. The number of carbonyl (C=O) groups is 1. The number of aromatic nitrogens is 1. The van der Waals surface area contributed by atoms with Crippen molar-refractivity contribution in [2.75, 3.05) is 0 Å². The van der Waals surface area contributed by atoms with Gasteiger partial charge in [0.25, 0.3) is 0 Å². The fourth-order valence-electron chi connectivity index (χ4n) is 2.03. The number of carboxylic acid groups (broad SMARTS) is 1. The second kappa shape index (κ2) is 9.31. The average Bonchev–Trinajstić information content (AvgIpc) is 2.42. The summed E-state index contributed by atoms with van der Waals surface area (Å²) in [5.41, 5.74) is 1.12. The molecule has 1 N–H and O–H groups in total. The van der Waals surface area contributed by atoms with Crippen molar-refractivity contribution in [2.45, 2.75) is 51.9 Å². The van der Waals surface area contributed by atoms with Gasteiger partial charge in [-0.05, 0) is 30.5 Å². The molecule has 1 aromatic heterocycles. The van der Waals surface area contributed by atoms with Crippen molar-refractivity contribution in [1.29, 1.82) is 0 Å². The quantitative estimate of drug-likeness (QED) is 0.532. The Morgan fingerprint density at radius 1 is 1.16 bits per heavy atom. The van der Waals surface area contributed by atoms with Gasteiger partial charge in [0.05, 0.1) is 5.57 Å². The number of pyridine rings is 1. The molecule has 0 spiro atoms. The summed E-state index contributed by atoms with van der Waals surface area (Å²) < 4.78 is 0. The van der Waals surface area contributed by atoms with Crippen LogP contribution >= 0.6 is 0 Å². The molecule has 0 atom stereocenters. The van der Waals surface area contributed by atoms with Crippen molar-refractivity contribution in [1.82, 2.24) is 4.98 Å². The Kier molecular flexibility index (Phi) is 7.56. The van der Waals surface area contributed by atoms with Gasteiger partial charge in [0.1, 0.15) is 0 Å². The third kappa shape index (κ3) is 6.18. The molecule has 0 aliphatic rings. The second-order valence-corrected chi connectivity index (χ2v) is 4.72. The molecular formula is C16H23NO2. The Bertz CT molecular complexity index is 398. The Labute approximate surface area is 115 Å². The molecule has 19 heavy (non-hydrogen) atoms. The van der Waals surface area contributed by atoms with Crippen molar-refractivity contribution >= 4 is 11.5 Å². The fraction of sp³-hybridized carbons (Fsp3) is 0.500. The molecule has 3 heteroatoms. The van der Waals surface area contributed by atoms with E-state index in [1.54, 1.807) is 24.5 Å². The minimum Gasteiger partial charge on any atom is -0.478 e. The first-order valence-corrected chi connectivity index (χ1v) is 7.09. The zero-order chi connectivity index (χ0) is 13.9. The first kappa shape index (κ1) is 15.4. The molecule has 0 aromatic carbocycles. The van der Waals surface area contributed by atoms with Crippen molar-refractivity contribution in [3.05, 3.63) is 36.2 Å². The maximum absolute atomic E-state index is 11.2. The monoisotopic (exact) mass is 261 g/mol. The van der Waals surface area contributed by atoms with Crippen LogP contribution in [0.25, 0.3) is 5.57 Å². The van der Waals surface area contributed by atoms with Crippen LogP contribution in [-0.2, 0) is 4.79 Å². The van der Waals surface area contributed by atoms with E-state index in [9.17, 15) is 9.90 Å². The average molecular weight is 261 g/mol. The lowest BCUT2D eigenvalue weighted by Gasteiger charge is -2.03. The highest BCUT2D eigenvalue weighted by Crippen LogP contribution is 2.16. The maximum atomic E-state index is 11.2. The van der Waals surface area contributed by atoms with Crippen LogP contribution in [0.4, 0.5) is 0 Å². The van der Waals surface area contributed by atoms with E-state index in [1.807, 2.05) is 6.08 Å². The highest BCUT2D eigenvalue weighted by atomic mass is 16.4. The van der Waals surface area contributed by atoms with Crippen molar-refractivity contribution < 1.29 is 9.90 Å². The minimum absolute atomic E-state index is 0.385. The van der Waals surface area contributed by atoms with E-state index in [0.29, 0.717) is 5.57 Å². The van der Waals surface area contributed by atoms with Gasteiger partial charge in [-0.15, -0.1) is 0 Å². The number of carboxylic acids is 1. The molecule has 3 nitrogen and oxygen atoms in total. The lowest BCUT2D eigenvalue weighted by Crippen LogP contribution is -1.99. The molecule has 0 fully saturated rings. The van der Waals surface area contributed by atoms with Crippen LogP contribution in [0.15, 0.2) is 30.6 Å². The molecule has 0 unspecified atom stereocenters. The molecule has 0 bridgehead atoms. The van der Waals surface area contributed by atoms with E-state index in [0.717, 1.165) is 18.4 Å². The second-order valence-electron chi connectivity index (χ2n) is 4.72. The van der Waals surface area contributed by atoms with Gasteiger partial charge in [-0.3, -0.25) is 4.98 Å². The summed E-state index contributed by atoms with van der Waals surface area (Å²) in [6.07, 6.45) is 13.2. The zero-order valence-electron chi connectivity index (χ0n) is 11.6. The van der Waals surface area contributed by atoms with Crippen molar-refractivity contribution in [2.24, 2.45) is 0 Å². The summed E-state index contributed by atoms with van der Waals surface area (Å²) in [6, 6.07) is 3.47. The summed E-state index contributed by atoms with van der Waals surface area (Å²) in [6.45, 7) is 2.20. The van der Waals surface area contributed by atoms with Crippen molar-refractivity contribution in [3.8, 4) is 0 Å². The molecule has 0 radical (unpaired) electrons. The highest BCUT2D eigenvalue weighted by Gasteiger charge is 2.08. The van der Waals surface area contributed by atoms with Crippen LogP contribution in [0, 0.1) is 0 Å². The van der Waals surface area contributed by atoms with Gasteiger partial charge >= 0.3 is 5.97 Å². The predicted molar refractivity (Wildman–Crippen MR) is 77.8 cm³/mol. The van der Waals surface area contributed by atoms with Crippen molar-refractivity contribution in [3.63, 3.8) is 0 Å². The van der Waals surface area contributed by atoms with E-state index in [2.05, 4.69) is 11.9 Å². The predicted octanol–water partition coefficient (Wildman–Crippen LogP) is 4.30. The number of hydrogen-bond donors (Lipinski definition) is 1. The maximum Gasteiger partial charge on any atom is 0.335 e. The Hall–Kier alpha value is -1.64. The molecule has 0 saturated heterocycles. The smallest absolute Gasteiger partial charge is 0.335 e. The van der Waals surface area contributed by atoms with E-state index in [4.69, 9.17) is 0 Å². The van der Waals surface area contributed by atoms with Gasteiger partial charge in [-0.1, -0.05) is 45.1 Å². The van der Waals surface area contributed by atoms with Gasteiger partial charge in [-0.25, -0.2) is 4.79 Å². The first-order chi connectivity index (χ1) is 9.25. The number of rotatable bonds is 9. The Balaban J connectivity index is 2.41. The van der Waals surface area contributed by atoms with E-state index < -0.39 is 5.97 Å². The third-order valence-corrected chi connectivity index (χ3v) is 3.13. The van der Waals surface area contributed by atoms with Crippen LogP contribution in [-0.4, -0.2) is 16.1 Å². The molecule has 1 aromatic rings. The Morgan fingerprint density at radius 3 is 2.42 bits per heavy atom.